The highest BCUT2D eigenvalue weighted by atomic mass is 32.1. The Labute approximate surface area is 177 Å². The van der Waals surface area contributed by atoms with Gasteiger partial charge in [-0.05, 0) is 49.5 Å². The molecule has 0 aliphatic rings. The van der Waals surface area contributed by atoms with E-state index >= 15 is 0 Å². The van der Waals surface area contributed by atoms with Crippen LogP contribution in [0.4, 0.5) is 5.69 Å². The van der Waals surface area contributed by atoms with E-state index in [9.17, 15) is 19.7 Å². The molecule has 10 nitrogen and oxygen atoms in total. The van der Waals surface area contributed by atoms with E-state index < -0.39 is 16.7 Å². The van der Waals surface area contributed by atoms with Gasteiger partial charge in [-0.3, -0.25) is 35.9 Å². The second-order valence-corrected chi connectivity index (χ2v) is 6.15. The molecule has 0 fully saturated rings. The third kappa shape index (κ3) is 7.11. The molecular formula is C19H20N4O6S. The van der Waals surface area contributed by atoms with Gasteiger partial charge in [0.25, 0.3) is 17.5 Å². The number of benzene rings is 2. The van der Waals surface area contributed by atoms with Crippen LogP contribution in [0, 0.1) is 10.1 Å². The Morgan fingerprint density at radius 3 is 2.43 bits per heavy atom. The first-order valence-electron chi connectivity index (χ1n) is 8.87. The summed E-state index contributed by atoms with van der Waals surface area (Å²) in [6, 6.07) is 11.5. The number of rotatable bonds is 8. The van der Waals surface area contributed by atoms with E-state index in [2.05, 4.69) is 16.2 Å². The highest BCUT2D eigenvalue weighted by Gasteiger charge is 2.12. The highest BCUT2D eigenvalue weighted by Crippen LogP contribution is 2.13. The normalized spacial score (nSPS) is 10.0. The van der Waals surface area contributed by atoms with E-state index in [0.717, 1.165) is 0 Å². The van der Waals surface area contributed by atoms with E-state index in [1.807, 2.05) is 6.92 Å². The van der Waals surface area contributed by atoms with E-state index in [-0.39, 0.29) is 16.4 Å². The minimum absolute atomic E-state index is 0.127. The van der Waals surface area contributed by atoms with Crippen molar-refractivity contribution in [1.29, 1.82) is 0 Å². The molecule has 2 amide bonds. The van der Waals surface area contributed by atoms with Gasteiger partial charge >= 0.3 is 0 Å². The Morgan fingerprint density at radius 2 is 1.77 bits per heavy atom. The molecule has 2 aromatic carbocycles. The van der Waals surface area contributed by atoms with Gasteiger partial charge in [0.2, 0.25) is 0 Å². The summed E-state index contributed by atoms with van der Waals surface area (Å²) < 4.78 is 10.7. The van der Waals surface area contributed by atoms with Crippen molar-refractivity contribution in [1.82, 2.24) is 16.2 Å². The zero-order valence-electron chi connectivity index (χ0n) is 16.0. The molecule has 0 radical (unpaired) electrons. The lowest BCUT2D eigenvalue weighted by molar-refractivity contribution is -0.384. The Balaban J connectivity index is 1.83. The molecule has 158 valence electrons. The molecular weight excluding hydrogens is 412 g/mol. The molecule has 0 unspecified atom stereocenters. The minimum Gasteiger partial charge on any atom is -0.491 e. The molecule has 3 N–H and O–H groups in total. The van der Waals surface area contributed by atoms with Crippen molar-refractivity contribution in [2.75, 3.05) is 19.8 Å². The third-order valence-electron chi connectivity index (χ3n) is 3.65. The van der Waals surface area contributed by atoms with Crippen LogP contribution in [0.3, 0.4) is 0 Å². The van der Waals surface area contributed by atoms with E-state index in [4.69, 9.17) is 21.7 Å². The summed E-state index contributed by atoms with van der Waals surface area (Å²) in [5.41, 5.74) is 5.06. The summed E-state index contributed by atoms with van der Waals surface area (Å²) in [6.07, 6.45) is 0. The first-order chi connectivity index (χ1) is 14.4. The number of carbonyl (C=O) groups excluding carboxylic acids is 2. The van der Waals surface area contributed by atoms with Crippen molar-refractivity contribution in [2.24, 2.45) is 0 Å². The van der Waals surface area contributed by atoms with Crippen molar-refractivity contribution < 1.29 is 24.0 Å². The number of nitro benzene ring substituents is 1. The van der Waals surface area contributed by atoms with Crippen LogP contribution in [-0.2, 0) is 4.74 Å². The number of hydrogen-bond donors (Lipinski definition) is 3. The fourth-order valence-electron chi connectivity index (χ4n) is 2.22. The van der Waals surface area contributed by atoms with Crippen LogP contribution in [0.15, 0.2) is 48.5 Å². The molecule has 0 bridgehead atoms. The van der Waals surface area contributed by atoms with Crippen molar-refractivity contribution >= 4 is 34.8 Å². The first kappa shape index (κ1) is 22.7. The molecule has 0 aromatic heterocycles. The fraction of sp³-hybridized carbons (Fsp3) is 0.211. The fourth-order valence-corrected chi connectivity index (χ4v) is 2.36. The van der Waals surface area contributed by atoms with Gasteiger partial charge in [-0.25, -0.2) is 0 Å². The largest absolute Gasteiger partial charge is 0.491 e. The number of nitrogens with zero attached hydrogens (tertiary/aromatic N) is 1. The van der Waals surface area contributed by atoms with Gasteiger partial charge in [-0.1, -0.05) is 6.07 Å². The van der Waals surface area contributed by atoms with Gasteiger partial charge in [-0.2, -0.15) is 0 Å². The third-order valence-corrected chi connectivity index (χ3v) is 3.86. The van der Waals surface area contributed by atoms with Gasteiger partial charge in [0.05, 0.1) is 11.5 Å². The molecule has 2 rings (SSSR count). The number of thiocarbonyl (C=S) groups is 1. The van der Waals surface area contributed by atoms with Crippen LogP contribution < -0.4 is 20.9 Å². The smallest absolute Gasteiger partial charge is 0.269 e. The molecule has 0 aliphatic carbocycles. The number of ether oxygens (including phenoxy) is 2. The van der Waals surface area contributed by atoms with Gasteiger partial charge in [-0.15, -0.1) is 0 Å². The van der Waals surface area contributed by atoms with Crippen molar-refractivity contribution in [2.45, 2.75) is 6.92 Å². The van der Waals surface area contributed by atoms with Crippen LogP contribution in [0.25, 0.3) is 0 Å². The van der Waals surface area contributed by atoms with Gasteiger partial charge in [0, 0.05) is 29.9 Å². The second kappa shape index (κ2) is 11.4. The molecule has 30 heavy (non-hydrogen) atoms. The van der Waals surface area contributed by atoms with Gasteiger partial charge in [0.15, 0.2) is 5.11 Å². The maximum absolute atomic E-state index is 12.3. The Bertz CT molecular complexity index is 919. The van der Waals surface area contributed by atoms with E-state index in [1.54, 1.807) is 24.3 Å². The van der Waals surface area contributed by atoms with E-state index in [0.29, 0.717) is 31.1 Å². The number of nitro groups is 1. The maximum atomic E-state index is 12.3. The lowest BCUT2D eigenvalue weighted by Crippen LogP contribution is -2.48. The molecule has 0 atom stereocenters. The van der Waals surface area contributed by atoms with Crippen LogP contribution in [-0.4, -0.2) is 41.7 Å². The number of hydrazine groups is 1. The number of hydrogen-bond acceptors (Lipinski definition) is 7. The van der Waals surface area contributed by atoms with Gasteiger partial charge < -0.3 is 9.47 Å². The molecule has 0 spiro atoms. The van der Waals surface area contributed by atoms with Crippen LogP contribution >= 0.6 is 12.2 Å². The molecule has 2 aromatic rings. The lowest BCUT2D eigenvalue weighted by atomic mass is 10.2. The van der Waals surface area contributed by atoms with Crippen LogP contribution in [0.1, 0.15) is 27.6 Å². The number of carbonyl (C=O) groups is 2. The second-order valence-electron chi connectivity index (χ2n) is 5.74. The predicted octanol–water partition coefficient (Wildman–Crippen LogP) is 1.96. The summed E-state index contributed by atoms with van der Waals surface area (Å²) in [5.74, 6) is -0.564. The maximum Gasteiger partial charge on any atom is 0.269 e. The molecule has 11 heteroatoms. The topological polar surface area (TPSA) is 132 Å². The monoisotopic (exact) mass is 432 g/mol. The minimum atomic E-state index is -0.578. The highest BCUT2D eigenvalue weighted by molar-refractivity contribution is 7.80. The zero-order valence-corrected chi connectivity index (χ0v) is 16.9. The van der Waals surface area contributed by atoms with E-state index in [1.165, 1.54) is 24.3 Å². The summed E-state index contributed by atoms with van der Waals surface area (Å²) in [6.45, 7) is 3.27. The standard InChI is InChI=1S/C19H20N4O6S/c1-2-28-10-11-29-16-5-3-4-14(12-16)17(24)20-19(30)22-21-18(25)13-6-8-15(9-7-13)23(26)27/h3-9,12H,2,10-11H2,1H3,(H,21,25)(H2,20,22,24,30). The molecule has 0 saturated carbocycles. The number of amides is 2. The Kier molecular flexibility index (Phi) is 8.66. The summed E-state index contributed by atoms with van der Waals surface area (Å²) in [5, 5.41) is 12.9. The summed E-state index contributed by atoms with van der Waals surface area (Å²) >= 11 is 4.99. The number of non-ortho nitro benzene ring substituents is 1. The van der Waals surface area contributed by atoms with Crippen LogP contribution in [0.5, 0.6) is 5.75 Å². The van der Waals surface area contributed by atoms with Crippen molar-refractivity contribution in [3.63, 3.8) is 0 Å². The average Bonchev–Trinajstić information content (AvgIpc) is 2.75. The lowest BCUT2D eigenvalue weighted by Gasteiger charge is -2.11. The van der Waals surface area contributed by atoms with Gasteiger partial charge in [0.1, 0.15) is 12.4 Å². The zero-order chi connectivity index (χ0) is 21.9. The Hall–Kier alpha value is -3.57. The van der Waals surface area contributed by atoms with Crippen molar-refractivity contribution in [3.8, 4) is 5.75 Å². The summed E-state index contributed by atoms with van der Waals surface area (Å²) in [7, 11) is 0. The molecule has 0 heterocycles. The number of nitrogens with one attached hydrogen (secondary N) is 3. The first-order valence-corrected chi connectivity index (χ1v) is 9.28. The average molecular weight is 432 g/mol. The van der Waals surface area contributed by atoms with Crippen LogP contribution in [0.2, 0.25) is 0 Å². The molecule has 0 aliphatic heterocycles. The quantitative estimate of drug-likeness (QED) is 0.250. The Morgan fingerprint density at radius 1 is 1.03 bits per heavy atom. The molecule has 0 saturated heterocycles. The van der Waals surface area contributed by atoms with Crippen molar-refractivity contribution in [3.05, 3.63) is 69.8 Å². The predicted molar refractivity (Wildman–Crippen MR) is 112 cm³/mol. The SMILES string of the molecule is CCOCCOc1cccc(C(=O)NC(=S)NNC(=O)c2ccc([N+](=O)[O-])cc2)c1. The summed E-state index contributed by atoms with van der Waals surface area (Å²) in [4.78, 5) is 34.4.